The summed E-state index contributed by atoms with van der Waals surface area (Å²) in [7, 11) is 0. The van der Waals surface area contributed by atoms with E-state index in [1.54, 1.807) is 25.0 Å². The lowest BCUT2D eigenvalue weighted by atomic mass is 10.0. The van der Waals surface area contributed by atoms with E-state index < -0.39 is 5.97 Å². The number of fused-ring (bicyclic) bond motifs is 1. The number of carboxylic acids is 1. The van der Waals surface area contributed by atoms with Crippen LogP contribution < -0.4 is 25.8 Å². The van der Waals surface area contributed by atoms with Gasteiger partial charge in [-0.05, 0) is 135 Å². The molecule has 8 heterocycles. The van der Waals surface area contributed by atoms with Gasteiger partial charge in [0.15, 0.2) is 11.3 Å². The highest BCUT2D eigenvalue weighted by atomic mass is 16.5. The lowest BCUT2D eigenvalue weighted by Crippen LogP contribution is -2.04. The second-order valence-electron chi connectivity index (χ2n) is 15.6. The van der Waals surface area contributed by atoms with Gasteiger partial charge in [0.25, 0.3) is 0 Å². The van der Waals surface area contributed by atoms with Gasteiger partial charge in [-0.25, -0.2) is 19.9 Å². The summed E-state index contributed by atoms with van der Waals surface area (Å²) in [6.45, 7) is 1.58. The summed E-state index contributed by atoms with van der Waals surface area (Å²) in [5.41, 5.74) is 14.6. The van der Waals surface area contributed by atoms with E-state index in [9.17, 15) is 9.59 Å². The Bertz CT molecular complexity index is 2810. The van der Waals surface area contributed by atoms with E-state index in [-0.39, 0.29) is 6.42 Å². The molecular formula is C49H51N11O5. The Labute approximate surface area is 375 Å². The van der Waals surface area contributed by atoms with Crippen molar-refractivity contribution < 1.29 is 24.2 Å². The number of ether oxygens (including phenoxy) is 2. The number of nitrogens with one attached hydrogen (secondary N) is 2. The minimum absolute atomic E-state index is 0.0909. The number of carbonyl (C=O) groups is 2. The molecule has 5 N–H and O–H groups in total. The first-order chi connectivity index (χ1) is 31.9. The lowest BCUT2D eigenvalue weighted by molar-refractivity contribution is -0.137. The zero-order chi connectivity index (χ0) is 44.8. The maximum absolute atomic E-state index is 12.1. The van der Waals surface area contributed by atoms with E-state index in [4.69, 9.17) is 25.3 Å². The van der Waals surface area contributed by atoms with Crippen LogP contribution in [-0.2, 0) is 22.4 Å². The third-order valence-electron chi connectivity index (χ3n) is 10.7. The van der Waals surface area contributed by atoms with E-state index in [1.165, 1.54) is 11.1 Å². The molecule has 8 aromatic rings. The fourth-order valence-electron chi connectivity index (χ4n) is 7.25. The van der Waals surface area contributed by atoms with Gasteiger partial charge in [-0.3, -0.25) is 18.7 Å². The molecule has 0 saturated heterocycles. The van der Waals surface area contributed by atoms with Crippen LogP contribution in [0.25, 0.3) is 33.7 Å². The molecular weight excluding hydrogens is 823 g/mol. The third-order valence-corrected chi connectivity index (χ3v) is 10.7. The Kier molecular flexibility index (Phi) is 14.6. The SMILES string of the molecule is NCCCc1ccc(Nc2ncc3ncn(-c4ccc(OCCCC(=O)O)cc4)c3n2)cc1.O=C1CCCCc2ccc(cc2)Nc2ncc3ncn(c3n2)-c2ccc(cc2)OCCC1. The van der Waals surface area contributed by atoms with Crippen molar-refractivity contribution in [3.05, 3.63) is 133 Å². The highest BCUT2D eigenvalue weighted by Gasteiger charge is 2.12. The summed E-state index contributed by atoms with van der Waals surface area (Å²) < 4.78 is 15.2. The maximum Gasteiger partial charge on any atom is 0.303 e. The van der Waals surface area contributed by atoms with Gasteiger partial charge in [0.05, 0.1) is 25.6 Å². The Morgan fingerprint density at radius 1 is 0.754 bits per heavy atom. The summed E-state index contributed by atoms with van der Waals surface area (Å²) >= 11 is 0. The minimum atomic E-state index is -0.823. The molecule has 65 heavy (non-hydrogen) atoms. The molecule has 0 fully saturated rings. The topological polar surface area (TPSA) is 210 Å². The number of anilines is 4. The zero-order valence-corrected chi connectivity index (χ0v) is 36.0. The van der Waals surface area contributed by atoms with Gasteiger partial charge in [0, 0.05) is 42.0 Å². The highest BCUT2D eigenvalue weighted by Crippen LogP contribution is 2.24. The minimum Gasteiger partial charge on any atom is -0.494 e. The fraction of sp³-hybridized carbons (Fsp3) is 0.265. The van der Waals surface area contributed by atoms with Gasteiger partial charge in [-0.2, -0.15) is 9.97 Å². The second kappa shape index (κ2) is 21.6. The first-order valence-electron chi connectivity index (χ1n) is 21.9. The number of ketones is 1. The number of hydrogen-bond donors (Lipinski definition) is 4. The number of aromatic nitrogens is 8. The third kappa shape index (κ3) is 12.1. The predicted molar refractivity (Wildman–Crippen MR) is 250 cm³/mol. The smallest absolute Gasteiger partial charge is 0.303 e. The van der Waals surface area contributed by atoms with Crippen molar-refractivity contribution >= 4 is 57.4 Å². The van der Waals surface area contributed by atoms with Crippen molar-refractivity contribution in [2.45, 2.75) is 64.2 Å². The highest BCUT2D eigenvalue weighted by molar-refractivity contribution is 5.78. The second-order valence-corrected chi connectivity index (χ2v) is 15.6. The number of aryl methyl sites for hydroxylation is 2. The van der Waals surface area contributed by atoms with Crippen molar-refractivity contribution in [3.8, 4) is 22.9 Å². The van der Waals surface area contributed by atoms with Crippen molar-refractivity contribution in [2.24, 2.45) is 5.73 Å². The van der Waals surface area contributed by atoms with E-state index in [0.29, 0.717) is 73.6 Å². The largest absolute Gasteiger partial charge is 0.494 e. The quantitative estimate of drug-likeness (QED) is 0.0896. The lowest BCUT2D eigenvalue weighted by Gasteiger charge is -2.10. The van der Waals surface area contributed by atoms with Crippen LogP contribution in [0, 0.1) is 0 Å². The van der Waals surface area contributed by atoms with Crippen molar-refractivity contribution in [3.63, 3.8) is 0 Å². The first-order valence-corrected chi connectivity index (χ1v) is 21.9. The van der Waals surface area contributed by atoms with Gasteiger partial charge in [0.2, 0.25) is 11.9 Å². The molecule has 0 atom stereocenters. The number of carboxylic acid groups (broad SMARTS) is 1. The van der Waals surface area contributed by atoms with E-state index in [0.717, 1.165) is 78.2 Å². The average molecular weight is 874 g/mol. The van der Waals surface area contributed by atoms with Crippen LogP contribution in [0.1, 0.15) is 62.5 Å². The normalized spacial score (nSPS) is 13.0. The Balaban J connectivity index is 0.000000177. The summed E-state index contributed by atoms with van der Waals surface area (Å²) in [6, 6.07) is 31.8. The Hall–Kier alpha value is -7.72. The number of Topliss-reactive ketones (excluding diaryl/α,β-unsaturated/α-hetero) is 1. The fourth-order valence-corrected chi connectivity index (χ4v) is 7.25. The molecule has 0 spiro atoms. The molecule has 0 unspecified atom stereocenters. The number of aliphatic carboxylic acids is 1. The molecule has 0 aliphatic carbocycles. The van der Waals surface area contributed by atoms with E-state index in [2.05, 4.69) is 59.8 Å². The molecule has 16 nitrogen and oxygen atoms in total. The van der Waals surface area contributed by atoms with Crippen LogP contribution in [0.4, 0.5) is 23.3 Å². The summed E-state index contributed by atoms with van der Waals surface area (Å²) in [5, 5.41) is 15.2. The van der Waals surface area contributed by atoms with Crippen LogP contribution in [0.3, 0.4) is 0 Å². The molecule has 4 aliphatic heterocycles. The van der Waals surface area contributed by atoms with E-state index >= 15 is 0 Å². The molecule has 0 amide bonds. The maximum atomic E-state index is 12.1. The van der Waals surface area contributed by atoms with Crippen LogP contribution in [0.15, 0.2) is 122 Å². The van der Waals surface area contributed by atoms with Gasteiger partial charge < -0.3 is 30.9 Å². The standard InChI is InChI=1S/C25H25N5O2.C24H26N6O3/c31-21-5-2-1-4-18-7-9-19(10-8-18)28-25-26-16-23-24(29-25)30(17-27-23)20-11-13-22(14-12-20)32-15-3-6-21;25-13-1-3-17-5-7-18(8-6-17)28-24-26-15-21-23(29-24)30(16-27-21)19-9-11-20(12-10-19)33-14-2-4-22(31)32/h7-14,16-17H,1-6,15H2,(H,26,28,29);5-12,15-16H,1-4,13-14,25H2,(H,31,32)(H,26,28,29). The number of hydrogen-bond acceptors (Lipinski definition) is 13. The van der Waals surface area contributed by atoms with Crippen LogP contribution in [0.5, 0.6) is 11.5 Å². The first kappa shape index (κ1) is 43.9. The molecule has 0 radical (unpaired) electrons. The van der Waals surface area contributed by atoms with Crippen molar-refractivity contribution in [1.29, 1.82) is 0 Å². The predicted octanol–water partition coefficient (Wildman–Crippen LogP) is 8.71. The van der Waals surface area contributed by atoms with Gasteiger partial charge in [0.1, 0.15) is 41.0 Å². The van der Waals surface area contributed by atoms with Crippen LogP contribution in [-0.4, -0.2) is 75.7 Å². The van der Waals surface area contributed by atoms with Gasteiger partial charge in [-0.15, -0.1) is 0 Å². The van der Waals surface area contributed by atoms with E-state index in [1.807, 2.05) is 81.9 Å². The molecule has 4 aliphatic rings. The molecule has 6 bridgehead atoms. The van der Waals surface area contributed by atoms with Crippen LogP contribution in [0.2, 0.25) is 0 Å². The summed E-state index contributed by atoms with van der Waals surface area (Å²) in [6.07, 6.45) is 14.2. The molecule has 4 aromatic heterocycles. The molecule has 0 saturated carbocycles. The Morgan fingerprint density at radius 2 is 1.42 bits per heavy atom. The number of nitrogens with two attached hydrogens (primary N) is 1. The molecule has 4 aromatic carbocycles. The summed E-state index contributed by atoms with van der Waals surface area (Å²) in [5.74, 6) is 1.96. The Morgan fingerprint density at radius 3 is 2.12 bits per heavy atom. The van der Waals surface area contributed by atoms with Crippen LogP contribution >= 0.6 is 0 Å². The zero-order valence-electron chi connectivity index (χ0n) is 36.0. The van der Waals surface area contributed by atoms with Gasteiger partial charge in [-0.1, -0.05) is 24.3 Å². The number of benzene rings is 4. The number of carbonyl (C=O) groups excluding carboxylic acids is 1. The molecule has 332 valence electrons. The summed E-state index contributed by atoms with van der Waals surface area (Å²) in [4.78, 5) is 49.7. The average Bonchev–Trinajstić information content (AvgIpc) is 3.95. The number of rotatable bonds is 11. The number of imidazole rings is 2. The van der Waals surface area contributed by atoms with Crippen molar-refractivity contribution in [2.75, 3.05) is 30.4 Å². The number of nitrogens with zero attached hydrogens (tertiary/aromatic N) is 8. The molecule has 12 rings (SSSR count). The van der Waals surface area contributed by atoms with Crippen molar-refractivity contribution in [1.82, 2.24) is 39.0 Å². The van der Waals surface area contributed by atoms with Gasteiger partial charge >= 0.3 is 5.97 Å². The monoisotopic (exact) mass is 873 g/mol. The molecule has 16 heteroatoms.